The number of carboxylic acid groups (broad SMARTS) is 1. The van der Waals surface area contributed by atoms with Crippen molar-refractivity contribution in [1.29, 1.82) is 0 Å². The van der Waals surface area contributed by atoms with Gasteiger partial charge in [0.1, 0.15) is 5.56 Å². The Morgan fingerprint density at radius 2 is 2.00 bits per heavy atom. The minimum atomic E-state index is -1.22. The Balaban J connectivity index is 1.80. The van der Waals surface area contributed by atoms with Crippen LogP contribution in [-0.4, -0.2) is 36.5 Å². The molecule has 2 aromatic heterocycles. The van der Waals surface area contributed by atoms with Gasteiger partial charge >= 0.3 is 5.97 Å². The number of hydrogen-bond donors (Lipinski definition) is 2. The summed E-state index contributed by atoms with van der Waals surface area (Å²) in [5.74, 6) is -1.55. The Labute approximate surface area is 154 Å². The molecule has 1 amide bonds. The quantitative estimate of drug-likeness (QED) is 0.715. The van der Waals surface area contributed by atoms with Gasteiger partial charge in [-0.3, -0.25) is 14.2 Å². The van der Waals surface area contributed by atoms with E-state index in [0.29, 0.717) is 17.4 Å². The number of carbonyl (C=O) groups is 2. The first-order valence-corrected chi connectivity index (χ1v) is 8.09. The van der Waals surface area contributed by atoms with Crippen LogP contribution in [-0.2, 0) is 13.6 Å². The average molecular weight is 374 g/mol. The van der Waals surface area contributed by atoms with E-state index in [1.165, 1.54) is 10.9 Å². The highest BCUT2D eigenvalue weighted by molar-refractivity contribution is 6.31. The predicted octanol–water partition coefficient (Wildman–Crippen LogP) is 2.58. The van der Waals surface area contributed by atoms with Crippen LogP contribution < -0.4 is 5.32 Å². The summed E-state index contributed by atoms with van der Waals surface area (Å²) in [5, 5.41) is 20.6. The lowest BCUT2D eigenvalue weighted by Gasteiger charge is -2.06. The third-order valence-corrected chi connectivity index (χ3v) is 4.14. The number of nitrogens with zero attached hydrogens (tertiary/aromatic N) is 4. The minimum Gasteiger partial charge on any atom is -0.478 e. The number of carbonyl (C=O) groups excluding carboxylic acids is 1. The zero-order valence-electron chi connectivity index (χ0n) is 14.1. The third-order valence-electron chi connectivity index (χ3n) is 3.78. The molecule has 0 aliphatic heterocycles. The average Bonchev–Trinajstić information content (AvgIpc) is 3.13. The molecule has 0 saturated heterocycles. The lowest BCUT2D eigenvalue weighted by Crippen LogP contribution is -2.17. The molecule has 0 aliphatic rings. The molecule has 3 rings (SSSR count). The van der Waals surface area contributed by atoms with Gasteiger partial charge in [0.15, 0.2) is 11.5 Å². The topological polar surface area (TPSA) is 102 Å². The summed E-state index contributed by atoms with van der Waals surface area (Å²) in [6, 6.07) is 9.12. The molecule has 0 aliphatic carbocycles. The lowest BCUT2D eigenvalue weighted by molar-refractivity contribution is 0.0692. The number of carboxylic acids is 1. The highest BCUT2D eigenvalue weighted by Gasteiger charge is 2.22. The van der Waals surface area contributed by atoms with Gasteiger partial charge in [-0.2, -0.15) is 10.2 Å². The van der Waals surface area contributed by atoms with Crippen LogP contribution in [0.15, 0.2) is 36.5 Å². The number of aryl methyl sites for hydroxylation is 2. The SMILES string of the molecule is Cc1cc(NC(=O)c2nn(C)cc2C(=O)O)nn1Cc1ccccc1Cl. The Hall–Kier alpha value is -3.13. The van der Waals surface area contributed by atoms with E-state index in [9.17, 15) is 9.59 Å². The zero-order chi connectivity index (χ0) is 18.8. The Bertz CT molecular complexity index is 992. The van der Waals surface area contributed by atoms with Gasteiger partial charge in [0.25, 0.3) is 5.91 Å². The van der Waals surface area contributed by atoms with E-state index in [-0.39, 0.29) is 11.3 Å². The normalized spacial score (nSPS) is 10.7. The molecule has 26 heavy (non-hydrogen) atoms. The van der Waals surface area contributed by atoms with E-state index in [2.05, 4.69) is 15.5 Å². The van der Waals surface area contributed by atoms with E-state index >= 15 is 0 Å². The van der Waals surface area contributed by atoms with Crippen molar-refractivity contribution in [2.75, 3.05) is 5.32 Å². The maximum atomic E-state index is 12.4. The van der Waals surface area contributed by atoms with E-state index < -0.39 is 11.9 Å². The molecule has 3 aromatic rings. The van der Waals surface area contributed by atoms with Crippen LogP contribution in [0.3, 0.4) is 0 Å². The number of rotatable bonds is 5. The molecule has 0 saturated carbocycles. The van der Waals surface area contributed by atoms with Crippen LogP contribution in [0.2, 0.25) is 5.02 Å². The molecule has 0 radical (unpaired) electrons. The maximum Gasteiger partial charge on any atom is 0.339 e. The van der Waals surface area contributed by atoms with Crippen LogP contribution >= 0.6 is 11.6 Å². The van der Waals surface area contributed by atoms with Gasteiger partial charge < -0.3 is 10.4 Å². The number of aromatic carboxylic acids is 1. The maximum absolute atomic E-state index is 12.4. The summed E-state index contributed by atoms with van der Waals surface area (Å²) >= 11 is 6.17. The second kappa shape index (κ2) is 7.01. The number of benzene rings is 1. The van der Waals surface area contributed by atoms with E-state index in [1.807, 2.05) is 25.1 Å². The van der Waals surface area contributed by atoms with Crippen molar-refractivity contribution in [1.82, 2.24) is 19.6 Å². The molecule has 1 aromatic carbocycles. The molecule has 134 valence electrons. The standard InChI is InChI=1S/C17H16ClN5O3/c1-10-7-14(20-23(10)8-11-5-3-4-6-13(11)18)19-16(24)15-12(17(25)26)9-22(2)21-15/h3-7,9H,8H2,1-2H3,(H,25,26)(H,19,20,24). The van der Waals surface area contributed by atoms with Gasteiger partial charge in [-0.1, -0.05) is 29.8 Å². The molecule has 2 heterocycles. The summed E-state index contributed by atoms with van der Waals surface area (Å²) in [4.78, 5) is 23.6. The van der Waals surface area contributed by atoms with Crippen LogP contribution in [0.5, 0.6) is 0 Å². The van der Waals surface area contributed by atoms with Crippen molar-refractivity contribution in [2.24, 2.45) is 7.05 Å². The summed E-state index contributed by atoms with van der Waals surface area (Å²) in [6.45, 7) is 2.30. The fourth-order valence-corrected chi connectivity index (χ4v) is 2.70. The first kappa shape index (κ1) is 17.7. The zero-order valence-corrected chi connectivity index (χ0v) is 14.9. The Kier molecular flexibility index (Phi) is 4.77. The van der Waals surface area contributed by atoms with Gasteiger partial charge in [0.05, 0.1) is 6.54 Å². The first-order valence-electron chi connectivity index (χ1n) is 7.71. The number of nitrogens with one attached hydrogen (secondary N) is 1. The lowest BCUT2D eigenvalue weighted by atomic mass is 10.2. The fraction of sp³-hybridized carbons (Fsp3) is 0.176. The number of halogens is 1. The Morgan fingerprint density at radius 3 is 2.69 bits per heavy atom. The Morgan fingerprint density at radius 1 is 1.27 bits per heavy atom. The summed E-state index contributed by atoms with van der Waals surface area (Å²) in [7, 11) is 1.55. The molecule has 0 unspecified atom stereocenters. The second-order valence-corrected chi connectivity index (χ2v) is 6.15. The van der Waals surface area contributed by atoms with Crippen molar-refractivity contribution in [2.45, 2.75) is 13.5 Å². The number of hydrogen-bond acceptors (Lipinski definition) is 4. The molecule has 0 spiro atoms. The highest BCUT2D eigenvalue weighted by Crippen LogP contribution is 2.18. The van der Waals surface area contributed by atoms with Gasteiger partial charge in [-0.25, -0.2) is 4.79 Å². The van der Waals surface area contributed by atoms with Crippen molar-refractivity contribution in [3.63, 3.8) is 0 Å². The van der Waals surface area contributed by atoms with E-state index in [1.54, 1.807) is 23.9 Å². The van der Waals surface area contributed by atoms with E-state index in [0.717, 1.165) is 11.3 Å². The van der Waals surface area contributed by atoms with Crippen molar-refractivity contribution < 1.29 is 14.7 Å². The van der Waals surface area contributed by atoms with Crippen molar-refractivity contribution >= 4 is 29.3 Å². The van der Waals surface area contributed by atoms with Crippen LogP contribution in [0, 0.1) is 6.92 Å². The van der Waals surface area contributed by atoms with Crippen LogP contribution in [0.1, 0.15) is 32.1 Å². The highest BCUT2D eigenvalue weighted by atomic mass is 35.5. The summed E-state index contributed by atoms with van der Waals surface area (Å²) < 4.78 is 2.98. The second-order valence-electron chi connectivity index (χ2n) is 5.74. The molecular weight excluding hydrogens is 358 g/mol. The summed E-state index contributed by atoms with van der Waals surface area (Å²) in [6.07, 6.45) is 1.28. The largest absolute Gasteiger partial charge is 0.478 e. The molecule has 0 bridgehead atoms. The number of amides is 1. The minimum absolute atomic E-state index is 0.168. The predicted molar refractivity (Wildman–Crippen MR) is 95.6 cm³/mol. The molecule has 8 nitrogen and oxygen atoms in total. The molecule has 2 N–H and O–H groups in total. The number of anilines is 1. The van der Waals surface area contributed by atoms with Crippen molar-refractivity contribution in [3.8, 4) is 0 Å². The van der Waals surface area contributed by atoms with Gasteiger partial charge in [-0.15, -0.1) is 0 Å². The molecular formula is C17H16ClN5O3. The molecule has 0 atom stereocenters. The van der Waals surface area contributed by atoms with Crippen LogP contribution in [0.25, 0.3) is 0 Å². The van der Waals surface area contributed by atoms with E-state index in [4.69, 9.17) is 16.7 Å². The third kappa shape index (κ3) is 3.60. The van der Waals surface area contributed by atoms with Crippen molar-refractivity contribution in [3.05, 3.63) is 64.1 Å². The van der Waals surface area contributed by atoms with Gasteiger partial charge in [0.2, 0.25) is 0 Å². The summed E-state index contributed by atoms with van der Waals surface area (Å²) in [5.41, 5.74) is 1.38. The monoisotopic (exact) mass is 373 g/mol. The molecule has 0 fully saturated rings. The smallest absolute Gasteiger partial charge is 0.339 e. The molecule has 9 heteroatoms. The fourth-order valence-electron chi connectivity index (χ4n) is 2.51. The van der Waals surface area contributed by atoms with Gasteiger partial charge in [0, 0.05) is 30.0 Å². The van der Waals surface area contributed by atoms with Crippen LogP contribution in [0.4, 0.5) is 5.82 Å². The van der Waals surface area contributed by atoms with Gasteiger partial charge in [-0.05, 0) is 18.6 Å². The first-order chi connectivity index (χ1) is 12.3. The number of aromatic nitrogens is 4.